The van der Waals surface area contributed by atoms with Gasteiger partial charge in [-0.15, -0.1) is 0 Å². The quantitative estimate of drug-likeness (QED) is 0.620. The van der Waals surface area contributed by atoms with Crippen LogP contribution in [0.5, 0.6) is 0 Å². The van der Waals surface area contributed by atoms with Crippen molar-refractivity contribution in [2.24, 2.45) is 5.84 Å². The van der Waals surface area contributed by atoms with E-state index in [0.717, 1.165) is 18.4 Å². The van der Waals surface area contributed by atoms with E-state index < -0.39 is 5.60 Å². The van der Waals surface area contributed by atoms with E-state index in [-0.39, 0.29) is 6.04 Å². The number of rotatable bonds is 6. The fraction of sp³-hybridized carbons (Fsp3) is 0.538. The number of nitrogens with two attached hydrogens (primary N) is 1. The van der Waals surface area contributed by atoms with E-state index >= 15 is 0 Å². The van der Waals surface area contributed by atoms with Crippen molar-refractivity contribution < 1.29 is 4.74 Å². The Labute approximate surface area is 119 Å². The van der Waals surface area contributed by atoms with Gasteiger partial charge >= 0.3 is 0 Å². The van der Waals surface area contributed by atoms with Gasteiger partial charge in [0.1, 0.15) is 0 Å². The summed E-state index contributed by atoms with van der Waals surface area (Å²) in [6.07, 6.45) is 1.63. The second-order valence-electron chi connectivity index (χ2n) is 4.24. The smallest absolute Gasteiger partial charge is 0.0880 e. The first-order valence-electron chi connectivity index (χ1n) is 6.00. The van der Waals surface area contributed by atoms with Gasteiger partial charge in [0.25, 0.3) is 0 Å². The highest BCUT2D eigenvalue weighted by molar-refractivity contribution is 6.33. The third-order valence-corrected chi connectivity index (χ3v) is 4.14. The SMILES string of the molecule is CCC(CC)(OC)C(NN)c1cc(Cl)ccc1Cl. The van der Waals surface area contributed by atoms with Gasteiger partial charge in [0.15, 0.2) is 0 Å². The van der Waals surface area contributed by atoms with Crippen LogP contribution in [0.4, 0.5) is 0 Å². The number of halogens is 2. The van der Waals surface area contributed by atoms with E-state index in [1.165, 1.54) is 0 Å². The van der Waals surface area contributed by atoms with Crippen LogP contribution in [-0.4, -0.2) is 12.7 Å². The largest absolute Gasteiger partial charge is 0.376 e. The molecule has 0 heterocycles. The minimum absolute atomic E-state index is 0.205. The summed E-state index contributed by atoms with van der Waals surface area (Å²) in [7, 11) is 1.69. The van der Waals surface area contributed by atoms with Crippen molar-refractivity contribution in [2.45, 2.75) is 38.3 Å². The molecule has 18 heavy (non-hydrogen) atoms. The monoisotopic (exact) mass is 290 g/mol. The Morgan fingerprint density at radius 2 is 1.94 bits per heavy atom. The Kier molecular flexibility index (Phi) is 5.89. The summed E-state index contributed by atoms with van der Waals surface area (Å²) in [6, 6.07) is 5.15. The molecule has 3 N–H and O–H groups in total. The molecule has 1 atom stereocenters. The van der Waals surface area contributed by atoms with Crippen LogP contribution in [0.25, 0.3) is 0 Å². The number of hydrogen-bond acceptors (Lipinski definition) is 3. The van der Waals surface area contributed by atoms with E-state index in [0.29, 0.717) is 10.0 Å². The van der Waals surface area contributed by atoms with Gasteiger partial charge < -0.3 is 4.74 Å². The molecule has 0 radical (unpaired) electrons. The summed E-state index contributed by atoms with van der Waals surface area (Å²) < 4.78 is 5.69. The zero-order chi connectivity index (χ0) is 13.8. The third-order valence-electron chi connectivity index (χ3n) is 3.57. The maximum atomic E-state index is 6.24. The molecule has 5 heteroatoms. The molecule has 1 unspecified atom stereocenters. The van der Waals surface area contributed by atoms with E-state index in [1.54, 1.807) is 19.2 Å². The fourth-order valence-electron chi connectivity index (χ4n) is 2.33. The van der Waals surface area contributed by atoms with Crippen molar-refractivity contribution in [1.29, 1.82) is 0 Å². The van der Waals surface area contributed by atoms with Gasteiger partial charge in [-0.3, -0.25) is 11.3 Å². The van der Waals surface area contributed by atoms with E-state index in [4.69, 9.17) is 33.8 Å². The molecule has 0 amide bonds. The molecular formula is C13H20Cl2N2O. The molecule has 0 spiro atoms. The topological polar surface area (TPSA) is 47.3 Å². The molecule has 3 nitrogen and oxygen atoms in total. The second kappa shape index (κ2) is 6.73. The normalized spacial score (nSPS) is 13.7. The Hall–Kier alpha value is -0.320. The lowest BCUT2D eigenvalue weighted by Crippen LogP contribution is -2.47. The van der Waals surface area contributed by atoms with Crippen LogP contribution in [0, 0.1) is 0 Å². The first-order valence-corrected chi connectivity index (χ1v) is 6.76. The van der Waals surface area contributed by atoms with Crippen LogP contribution in [0.15, 0.2) is 18.2 Å². The van der Waals surface area contributed by atoms with Crippen LogP contribution in [0.3, 0.4) is 0 Å². The number of hydrogen-bond donors (Lipinski definition) is 2. The molecular weight excluding hydrogens is 271 g/mol. The van der Waals surface area contributed by atoms with Gasteiger partial charge in [0.2, 0.25) is 0 Å². The number of ether oxygens (including phenoxy) is 1. The van der Waals surface area contributed by atoms with Crippen molar-refractivity contribution in [2.75, 3.05) is 7.11 Å². The molecule has 0 aliphatic heterocycles. The van der Waals surface area contributed by atoms with E-state index in [1.807, 2.05) is 6.07 Å². The van der Waals surface area contributed by atoms with E-state index in [9.17, 15) is 0 Å². The van der Waals surface area contributed by atoms with Crippen molar-refractivity contribution in [3.63, 3.8) is 0 Å². The van der Waals surface area contributed by atoms with Crippen LogP contribution in [0.2, 0.25) is 10.0 Å². The lowest BCUT2D eigenvalue weighted by Gasteiger charge is -2.38. The van der Waals surface area contributed by atoms with Crippen LogP contribution >= 0.6 is 23.2 Å². The standard InChI is InChI=1S/C13H20Cl2N2O/c1-4-13(5-2,18-3)12(17-16)10-8-9(14)6-7-11(10)15/h6-8,12,17H,4-5,16H2,1-3H3. The number of benzene rings is 1. The average Bonchev–Trinajstić information content (AvgIpc) is 2.39. The summed E-state index contributed by atoms with van der Waals surface area (Å²) >= 11 is 12.3. The number of hydrazine groups is 1. The molecule has 0 bridgehead atoms. The van der Waals surface area contributed by atoms with Gasteiger partial charge in [-0.05, 0) is 36.6 Å². The summed E-state index contributed by atoms with van der Waals surface area (Å²) in [5.74, 6) is 5.70. The molecule has 0 aliphatic carbocycles. The van der Waals surface area contributed by atoms with Crippen LogP contribution in [-0.2, 0) is 4.74 Å². The highest BCUT2D eigenvalue weighted by Crippen LogP contribution is 2.38. The van der Waals surface area contributed by atoms with Crippen molar-refractivity contribution in [3.05, 3.63) is 33.8 Å². The summed E-state index contributed by atoms with van der Waals surface area (Å²) in [6.45, 7) is 4.13. The summed E-state index contributed by atoms with van der Waals surface area (Å²) in [4.78, 5) is 0. The Balaban J connectivity index is 3.27. The van der Waals surface area contributed by atoms with Gasteiger partial charge in [0, 0.05) is 17.2 Å². The lowest BCUT2D eigenvalue weighted by molar-refractivity contribution is -0.0486. The lowest BCUT2D eigenvalue weighted by atomic mass is 9.84. The minimum Gasteiger partial charge on any atom is -0.376 e. The number of nitrogens with one attached hydrogen (secondary N) is 1. The van der Waals surface area contributed by atoms with Crippen molar-refractivity contribution in [3.8, 4) is 0 Å². The highest BCUT2D eigenvalue weighted by atomic mass is 35.5. The molecule has 0 saturated heterocycles. The zero-order valence-corrected chi connectivity index (χ0v) is 12.5. The maximum Gasteiger partial charge on any atom is 0.0880 e. The first-order chi connectivity index (χ1) is 8.54. The molecule has 1 aromatic carbocycles. The van der Waals surface area contributed by atoms with Gasteiger partial charge in [-0.25, -0.2) is 0 Å². The summed E-state index contributed by atoms with van der Waals surface area (Å²) in [5, 5.41) is 1.26. The van der Waals surface area contributed by atoms with E-state index in [2.05, 4.69) is 19.3 Å². The van der Waals surface area contributed by atoms with Gasteiger partial charge in [0.05, 0.1) is 11.6 Å². The zero-order valence-electron chi connectivity index (χ0n) is 11.0. The molecule has 0 aromatic heterocycles. The predicted molar refractivity (Wildman–Crippen MR) is 76.8 cm³/mol. The molecule has 1 rings (SSSR count). The maximum absolute atomic E-state index is 6.24. The number of methoxy groups -OCH3 is 1. The van der Waals surface area contributed by atoms with Crippen LogP contribution < -0.4 is 11.3 Å². The third kappa shape index (κ3) is 2.98. The van der Waals surface area contributed by atoms with Crippen LogP contribution in [0.1, 0.15) is 38.3 Å². The molecule has 1 aromatic rings. The Morgan fingerprint density at radius 3 is 2.39 bits per heavy atom. The van der Waals surface area contributed by atoms with Gasteiger partial charge in [-0.1, -0.05) is 37.0 Å². The molecule has 0 fully saturated rings. The molecule has 102 valence electrons. The predicted octanol–water partition coefficient (Wildman–Crippen LogP) is 3.70. The van der Waals surface area contributed by atoms with Gasteiger partial charge in [-0.2, -0.15) is 0 Å². The Morgan fingerprint density at radius 1 is 1.33 bits per heavy atom. The minimum atomic E-state index is -0.400. The van der Waals surface area contributed by atoms with Crippen molar-refractivity contribution in [1.82, 2.24) is 5.43 Å². The first kappa shape index (κ1) is 15.7. The molecule has 0 aliphatic rings. The molecule has 0 saturated carbocycles. The fourth-order valence-corrected chi connectivity index (χ4v) is 2.73. The summed E-state index contributed by atoms with van der Waals surface area (Å²) in [5.41, 5.74) is 3.27. The highest BCUT2D eigenvalue weighted by Gasteiger charge is 2.37. The Bertz CT molecular complexity index is 386. The average molecular weight is 291 g/mol. The van der Waals surface area contributed by atoms with Crippen molar-refractivity contribution >= 4 is 23.2 Å². The second-order valence-corrected chi connectivity index (χ2v) is 5.09.